The van der Waals surface area contributed by atoms with Gasteiger partial charge in [-0.05, 0) is 6.92 Å². The molecule has 0 spiro atoms. The molecule has 0 aromatic carbocycles. The first kappa shape index (κ1) is 6.94. The van der Waals surface area contributed by atoms with Gasteiger partial charge in [-0.3, -0.25) is 10.5 Å². The lowest BCUT2D eigenvalue weighted by Crippen LogP contribution is -1.98. The predicted octanol–water partition coefficient (Wildman–Crippen LogP) is -0.182. The summed E-state index contributed by atoms with van der Waals surface area (Å²) < 4.78 is 0. The van der Waals surface area contributed by atoms with Crippen molar-refractivity contribution in [3.05, 3.63) is 0 Å². The van der Waals surface area contributed by atoms with Crippen LogP contribution in [-0.2, 0) is 9.63 Å². The fourth-order valence-electron chi connectivity index (χ4n) is 0.160. The molecule has 45 valence electrons. The fraction of sp³-hybridized carbons (Fsp3) is 0.500. The van der Waals surface area contributed by atoms with Crippen molar-refractivity contribution in [2.75, 3.05) is 6.61 Å². The summed E-state index contributed by atoms with van der Waals surface area (Å²) in [5.74, 6) is -0.849. The number of hydrogen-bond donors (Lipinski definition) is 0. The van der Waals surface area contributed by atoms with Crippen molar-refractivity contribution in [3.63, 3.8) is 0 Å². The predicted molar refractivity (Wildman–Crippen MR) is 28.2 cm³/mol. The van der Waals surface area contributed by atoms with Gasteiger partial charge in [0.1, 0.15) is 12.8 Å². The smallest absolute Gasteiger partial charge is 0.284 e. The van der Waals surface area contributed by atoms with Gasteiger partial charge in [0.2, 0.25) is 0 Å². The molecule has 0 rings (SSSR count). The van der Waals surface area contributed by atoms with E-state index in [0.29, 0.717) is 6.61 Å². The highest BCUT2D eigenvalue weighted by Gasteiger charge is 1.81. The normalized spacial score (nSPS) is 9.62. The van der Waals surface area contributed by atoms with E-state index in [1.807, 2.05) is 0 Å². The topological polar surface area (TPSA) is 62.5 Å². The van der Waals surface area contributed by atoms with Crippen molar-refractivity contribution in [1.82, 2.24) is 5.73 Å². The van der Waals surface area contributed by atoms with Crippen molar-refractivity contribution in [2.45, 2.75) is 6.92 Å². The maximum Gasteiger partial charge on any atom is 0.284 e. The summed E-state index contributed by atoms with van der Waals surface area (Å²) in [7, 11) is 0. The number of carbonyl (C=O) groups is 1. The van der Waals surface area contributed by atoms with Gasteiger partial charge in [0.05, 0.1) is 0 Å². The molecule has 1 radical (unpaired) electrons. The van der Waals surface area contributed by atoms with Crippen molar-refractivity contribution in [1.29, 1.82) is 0 Å². The maximum atomic E-state index is 9.76. The van der Waals surface area contributed by atoms with Crippen molar-refractivity contribution < 1.29 is 9.63 Å². The molecule has 0 aromatic rings. The van der Waals surface area contributed by atoms with Crippen LogP contribution in [0.25, 0.3) is 0 Å². The van der Waals surface area contributed by atoms with Crippen LogP contribution in [0.3, 0.4) is 0 Å². The minimum atomic E-state index is -0.849. The zero-order valence-electron chi connectivity index (χ0n) is 4.55. The first-order chi connectivity index (χ1) is 3.77. The highest BCUT2D eigenvalue weighted by atomic mass is 16.6. The number of hydrogen-bond acceptors (Lipinski definition) is 3. The fourth-order valence-corrected chi connectivity index (χ4v) is 0.160. The molecule has 0 aliphatic rings. The molecule has 0 aliphatic carbocycles. The molecule has 1 N–H and O–H groups in total. The highest BCUT2D eigenvalue weighted by Crippen LogP contribution is 1.69. The number of nitrogens with zero attached hydrogens (tertiary/aromatic N) is 1. The van der Waals surface area contributed by atoms with Crippen molar-refractivity contribution in [2.24, 2.45) is 5.16 Å². The Hall–Kier alpha value is -1.06. The van der Waals surface area contributed by atoms with Gasteiger partial charge in [0, 0.05) is 0 Å². The molecule has 0 aliphatic heterocycles. The SMILES string of the molecule is CCO/N=C\C([NH])=O. The summed E-state index contributed by atoms with van der Waals surface area (Å²) in [6.45, 7) is 2.16. The van der Waals surface area contributed by atoms with Crippen LogP contribution in [0.4, 0.5) is 0 Å². The molecule has 0 saturated heterocycles. The molecule has 0 aromatic heterocycles. The quantitative estimate of drug-likeness (QED) is 0.378. The first-order valence-corrected chi connectivity index (χ1v) is 2.18. The second kappa shape index (κ2) is 4.11. The van der Waals surface area contributed by atoms with Gasteiger partial charge < -0.3 is 4.84 Å². The number of nitrogens with one attached hydrogen (secondary N) is 1. The minimum absolute atomic E-state index is 0.420. The zero-order valence-corrected chi connectivity index (χ0v) is 4.55. The van der Waals surface area contributed by atoms with Gasteiger partial charge in [-0.15, -0.1) is 0 Å². The Bertz CT molecular complexity index is 100. The molecule has 0 atom stereocenters. The molecule has 1 amide bonds. The molecule has 0 heterocycles. The molecule has 0 saturated carbocycles. The minimum Gasteiger partial charge on any atom is -0.396 e. The number of rotatable bonds is 3. The number of oxime groups is 1. The van der Waals surface area contributed by atoms with E-state index in [-0.39, 0.29) is 0 Å². The van der Waals surface area contributed by atoms with E-state index in [4.69, 9.17) is 5.73 Å². The second-order valence-corrected chi connectivity index (χ2v) is 1.02. The van der Waals surface area contributed by atoms with E-state index in [9.17, 15) is 4.79 Å². The average molecular weight is 115 g/mol. The van der Waals surface area contributed by atoms with Crippen LogP contribution >= 0.6 is 0 Å². The molecule has 4 heteroatoms. The van der Waals surface area contributed by atoms with Crippen molar-refractivity contribution >= 4 is 12.1 Å². The van der Waals surface area contributed by atoms with Gasteiger partial charge in [0.15, 0.2) is 0 Å². The Morgan fingerprint density at radius 2 is 2.62 bits per heavy atom. The monoisotopic (exact) mass is 115 g/mol. The molecule has 0 unspecified atom stereocenters. The Morgan fingerprint density at radius 1 is 2.00 bits per heavy atom. The number of amides is 1. The summed E-state index contributed by atoms with van der Waals surface area (Å²) in [6.07, 6.45) is 0.809. The van der Waals surface area contributed by atoms with Crippen LogP contribution in [-0.4, -0.2) is 18.7 Å². The summed E-state index contributed by atoms with van der Waals surface area (Å²) in [6, 6.07) is 0. The summed E-state index contributed by atoms with van der Waals surface area (Å²) in [5.41, 5.74) is 6.29. The van der Waals surface area contributed by atoms with E-state index in [0.717, 1.165) is 6.21 Å². The van der Waals surface area contributed by atoms with E-state index in [1.165, 1.54) is 0 Å². The summed E-state index contributed by atoms with van der Waals surface area (Å²) in [4.78, 5) is 14.1. The van der Waals surface area contributed by atoms with E-state index in [2.05, 4.69) is 9.99 Å². The first-order valence-electron chi connectivity index (χ1n) is 2.18. The molecular formula is C4H7N2O2. The second-order valence-electron chi connectivity index (χ2n) is 1.02. The van der Waals surface area contributed by atoms with Crippen LogP contribution < -0.4 is 5.73 Å². The lowest BCUT2D eigenvalue weighted by atomic mass is 10.7. The third-order valence-electron chi connectivity index (χ3n) is 0.374. The molecule has 0 fully saturated rings. The van der Waals surface area contributed by atoms with Crippen LogP contribution in [0.5, 0.6) is 0 Å². The lowest BCUT2D eigenvalue weighted by molar-refractivity contribution is -0.112. The van der Waals surface area contributed by atoms with Crippen molar-refractivity contribution in [3.8, 4) is 0 Å². The Morgan fingerprint density at radius 3 is 3.00 bits per heavy atom. The Kier molecular flexibility index (Phi) is 3.56. The van der Waals surface area contributed by atoms with Crippen LogP contribution in [0.15, 0.2) is 5.16 Å². The van der Waals surface area contributed by atoms with Gasteiger partial charge >= 0.3 is 0 Å². The van der Waals surface area contributed by atoms with Crippen LogP contribution in [0.1, 0.15) is 6.92 Å². The Labute approximate surface area is 47.3 Å². The summed E-state index contributed by atoms with van der Waals surface area (Å²) >= 11 is 0. The molecule has 0 bridgehead atoms. The Balaban J connectivity index is 3.20. The third-order valence-corrected chi connectivity index (χ3v) is 0.374. The van der Waals surface area contributed by atoms with Gasteiger partial charge in [0.25, 0.3) is 5.91 Å². The van der Waals surface area contributed by atoms with Gasteiger partial charge in [-0.1, -0.05) is 5.16 Å². The maximum absolute atomic E-state index is 9.76. The standard InChI is InChI=1S/C4H7N2O2/c1-2-8-6-3-4(5)7/h3,5H,2H2,1H3/b6-3-. The molecular weight excluding hydrogens is 108 g/mol. The highest BCUT2D eigenvalue weighted by molar-refractivity contribution is 6.24. The molecule has 4 nitrogen and oxygen atoms in total. The zero-order chi connectivity index (χ0) is 6.41. The number of carbonyl (C=O) groups excluding carboxylic acids is 1. The largest absolute Gasteiger partial charge is 0.396 e. The van der Waals surface area contributed by atoms with Crippen LogP contribution in [0.2, 0.25) is 0 Å². The van der Waals surface area contributed by atoms with E-state index in [1.54, 1.807) is 6.92 Å². The van der Waals surface area contributed by atoms with Gasteiger partial charge in [-0.25, -0.2) is 0 Å². The van der Waals surface area contributed by atoms with E-state index >= 15 is 0 Å². The van der Waals surface area contributed by atoms with Gasteiger partial charge in [-0.2, -0.15) is 0 Å². The average Bonchev–Trinajstić information content (AvgIpc) is 1.66. The third kappa shape index (κ3) is 4.94. The lowest BCUT2D eigenvalue weighted by Gasteiger charge is -1.85. The van der Waals surface area contributed by atoms with Crippen LogP contribution in [0, 0.1) is 0 Å². The van der Waals surface area contributed by atoms with E-state index < -0.39 is 5.91 Å². The molecule has 8 heavy (non-hydrogen) atoms. The summed E-state index contributed by atoms with van der Waals surface area (Å²) in [5, 5.41) is 3.13.